The lowest BCUT2D eigenvalue weighted by atomic mass is 10.2. The van der Waals surface area contributed by atoms with Crippen molar-refractivity contribution < 1.29 is 0 Å². The van der Waals surface area contributed by atoms with Crippen LogP contribution in [0.15, 0.2) is 35.5 Å². The first-order valence-corrected chi connectivity index (χ1v) is 4.30. The first-order valence-electron chi connectivity index (χ1n) is 4.30. The van der Waals surface area contributed by atoms with E-state index in [1.807, 2.05) is 50.5 Å². The Hall–Kier alpha value is -1.57. The molecular weight excluding hydrogens is 160 g/mol. The zero-order valence-corrected chi connectivity index (χ0v) is 7.99. The van der Waals surface area contributed by atoms with E-state index < -0.39 is 0 Å². The molecule has 13 heavy (non-hydrogen) atoms. The van der Waals surface area contributed by atoms with Crippen molar-refractivity contribution in [2.45, 2.75) is 6.92 Å². The Balaban J connectivity index is 2.97. The van der Waals surface area contributed by atoms with E-state index in [-0.39, 0.29) is 0 Å². The molecule has 0 aliphatic carbocycles. The van der Waals surface area contributed by atoms with Crippen molar-refractivity contribution in [1.29, 1.82) is 0 Å². The van der Waals surface area contributed by atoms with Crippen LogP contribution in [-0.4, -0.2) is 13.3 Å². The Morgan fingerprint density at radius 2 is 2.08 bits per heavy atom. The summed E-state index contributed by atoms with van der Waals surface area (Å²) in [6, 6.07) is 8.02. The first kappa shape index (κ1) is 9.52. The average Bonchev–Trinajstić information content (AvgIpc) is 2.17. The predicted octanol–water partition coefficient (Wildman–Crippen LogP) is 2.60. The molecule has 0 radical (unpaired) electrons. The van der Waals surface area contributed by atoms with Gasteiger partial charge in [-0.3, -0.25) is 4.99 Å². The minimum atomic E-state index is 0.997. The minimum Gasteiger partial charge on any atom is -0.394 e. The molecule has 0 saturated heterocycles. The van der Waals surface area contributed by atoms with Gasteiger partial charge in [-0.1, -0.05) is 18.2 Å². The van der Waals surface area contributed by atoms with Gasteiger partial charge in [-0.05, 0) is 25.3 Å². The molecule has 1 aromatic carbocycles. The Bertz CT molecular complexity index is 314. The lowest BCUT2D eigenvalue weighted by molar-refractivity contribution is 1.11. The number of hydrogen-bond acceptors (Lipinski definition) is 2. The second kappa shape index (κ2) is 5.14. The van der Waals surface area contributed by atoms with Crippen LogP contribution in [0, 0.1) is 0 Å². The number of benzene rings is 1. The number of nitrogens with one attached hydrogen (secondary N) is 1. The molecule has 2 nitrogen and oxygen atoms in total. The van der Waals surface area contributed by atoms with E-state index in [9.17, 15) is 0 Å². The fourth-order valence-electron chi connectivity index (χ4n) is 1.06. The van der Waals surface area contributed by atoms with Crippen molar-refractivity contribution in [2.24, 2.45) is 4.99 Å². The van der Waals surface area contributed by atoms with Crippen molar-refractivity contribution in [2.75, 3.05) is 7.05 Å². The van der Waals surface area contributed by atoms with Gasteiger partial charge in [0.1, 0.15) is 0 Å². The van der Waals surface area contributed by atoms with Crippen LogP contribution in [0.4, 0.5) is 5.69 Å². The predicted molar refractivity (Wildman–Crippen MR) is 58.4 cm³/mol. The highest BCUT2D eigenvalue weighted by Gasteiger charge is 1.93. The van der Waals surface area contributed by atoms with Crippen molar-refractivity contribution in [3.8, 4) is 0 Å². The summed E-state index contributed by atoms with van der Waals surface area (Å²) in [4.78, 5) is 4.26. The highest BCUT2D eigenvalue weighted by molar-refractivity contribution is 5.69. The molecule has 0 aliphatic heterocycles. The lowest BCUT2D eigenvalue weighted by Gasteiger charge is -1.98. The van der Waals surface area contributed by atoms with Crippen LogP contribution < -0.4 is 5.32 Å². The maximum Gasteiger partial charge on any atom is 0.0698 e. The van der Waals surface area contributed by atoms with E-state index in [1.165, 1.54) is 0 Å². The zero-order valence-electron chi connectivity index (χ0n) is 7.99. The van der Waals surface area contributed by atoms with Crippen LogP contribution in [0.25, 0.3) is 6.08 Å². The lowest BCUT2D eigenvalue weighted by Crippen LogP contribution is -1.90. The summed E-state index contributed by atoms with van der Waals surface area (Å²) in [5, 5.41) is 2.95. The van der Waals surface area contributed by atoms with E-state index in [0.717, 1.165) is 11.3 Å². The highest BCUT2D eigenvalue weighted by Crippen LogP contribution is 2.18. The molecule has 0 saturated carbocycles. The fourth-order valence-corrected chi connectivity index (χ4v) is 1.06. The van der Waals surface area contributed by atoms with Crippen molar-refractivity contribution in [1.82, 2.24) is 5.32 Å². The molecule has 1 aromatic rings. The molecular formula is C11H14N2. The third-order valence-corrected chi connectivity index (χ3v) is 1.63. The van der Waals surface area contributed by atoms with E-state index in [4.69, 9.17) is 0 Å². The Kier molecular flexibility index (Phi) is 3.76. The second-order valence-corrected chi connectivity index (χ2v) is 2.57. The number of aliphatic imine (C=N–C) groups is 1. The molecule has 0 aromatic heterocycles. The molecule has 1 N–H and O–H groups in total. The van der Waals surface area contributed by atoms with Gasteiger partial charge in [0.25, 0.3) is 0 Å². The normalized spacial score (nSPS) is 11.2. The molecule has 1 rings (SSSR count). The van der Waals surface area contributed by atoms with Gasteiger partial charge >= 0.3 is 0 Å². The summed E-state index contributed by atoms with van der Waals surface area (Å²) in [7, 11) is 1.88. The molecule has 68 valence electrons. The molecule has 2 heteroatoms. The number of hydrogen-bond donors (Lipinski definition) is 1. The first-order chi connectivity index (χ1) is 6.38. The molecule has 0 fully saturated rings. The van der Waals surface area contributed by atoms with Gasteiger partial charge < -0.3 is 5.32 Å². The summed E-state index contributed by atoms with van der Waals surface area (Å²) >= 11 is 0. The van der Waals surface area contributed by atoms with E-state index >= 15 is 0 Å². The van der Waals surface area contributed by atoms with E-state index in [1.54, 1.807) is 6.21 Å². The third kappa shape index (κ3) is 2.75. The maximum atomic E-state index is 4.26. The quantitative estimate of drug-likeness (QED) is 0.700. The average molecular weight is 174 g/mol. The largest absolute Gasteiger partial charge is 0.394 e. The number of nitrogens with zero attached hydrogens (tertiary/aromatic N) is 1. The summed E-state index contributed by atoms with van der Waals surface area (Å²) in [6.07, 6.45) is 5.69. The van der Waals surface area contributed by atoms with Crippen LogP contribution >= 0.6 is 0 Å². The Labute approximate surface area is 79.0 Å². The number of para-hydroxylation sites is 1. The zero-order chi connectivity index (χ0) is 9.52. The van der Waals surface area contributed by atoms with Crippen LogP contribution in [0.3, 0.4) is 0 Å². The Morgan fingerprint density at radius 1 is 1.31 bits per heavy atom. The monoisotopic (exact) mass is 174 g/mol. The second-order valence-electron chi connectivity index (χ2n) is 2.57. The smallest absolute Gasteiger partial charge is 0.0698 e. The molecule has 0 heterocycles. The summed E-state index contributed by atoms with van der Waals surface area (Å²) in [5.41, 5.74) is 2.12. The van der Waals surface area contributed by atoms with Crippen LogP contribution in [0.1, 0.15) is 12.5 Å². The minimum absolute atomic E-state index is 0.997. The standard InChI is InChI=1S/C11H14N2/c1-3-13-11-7-5-4-6-10(11)8-9-12-2/h3-9,12H,1-2H3/b9-8+,13-3?. The highest BCUT2D eigenvalue weighted by atomic mass is 14.8. The molecule has 0 atom stereocenters. The van der Waals surface area contributed by atoms with Gasteiger partial charge in [0.05, 0.1) is 5.69 Å². The molecule has 0 spiro atoms. The molecule has 0 aliphatic rings. The molecule has 0 amide bonds. The van der Waals surface area contributed by atoms with Gasteiger partial charge in [-0.15, -0.1) is 0 Å². The van der Waals surface area contributed by atoms with Crippen LogP contribution in [0.2, 0.25) is 0 Å². The summed E-state index contributed by atoms with van der Waals surface area (Å²) < 4.78 is 0. The van der Waals surface area contributed by atoms with Crippen molar-refractivity contribution in [3.63, 3.8) is 0 Å². The van der Waals surface area contributed by atoms with Crippen LogP contribution in [0.5, 0.6) is 0 Å². The topological polar surface area (TPSA) is 24.4 Å². The van der Waals surface area contributed by atoms with Crippen molar-refractivity contribution in [3.05, 3.63) is 36.0 Å². The van der Waals surface area contributed by atoms with E-state index in [2.05, 4.69) is 10.3 Å². The van der Waals surface area contributed by atoms with Gasteiger partial charge in [0.2, 0.25) is 0 Å². The van der Waals surface area contributed by atoms with Crippen molar-refractivity contribution >= 4 is 18.0 Å². The Morgan fingerprint density at radius 3 is 2.77 bits per heavy atom. The fraction of sp³-hybridized carbons (Fsp3) is 0.182. The summed E-state index contributed by atoms with van der Waals surface area (Å²) in [6.45, 7) is 1.92. The molecule has 0 unspecified atom stereocenters. The van der Waals surface area contributed by atoms with Gasteiger partial charge in [-0.2, -0.15) is 0 Å². The van der Waals surface area contributed by atoms with Gasteiger partial charge in [-0.25, -0.2) is 0 Å². The van der Waals surface area contributed by atoms with Gasteiger partial charge in [0, 0.05) is 18.8 Å². The summed E-state index contributed by atoms with van der Waals surface area (Å²) in [5.74, 6) is 0. The number of rotatable bonds is 3. The third-order valence-electron chi connectivity index (χ3n) is 1.63. The van der Waals surface area contributed by atoms with Gasteiger partial charge in [0.15, 0.2) is 0 Å². The van der Waals surface area contributed by atoms with Crippen LogP contribution in [-0.2, 0) is 0 Å². The molecule has 0 bridgehead atoms. The SMILES string of the molecule is CC=Nc1ccccc1/C=C/NC. The maximum absolute atomic E-state index is 4.26. The van der Waals surface area contributed by atoms with E-state index in [0.29, 0.717) is 0 Å².